The maximum Gasteiger partial charge on any atom is 0.254 e. The molecule has 16 nitrogen and oxygen atoms in total. The third kappa shape index (κ3) is 16.4. The third-order valence-electron chi connectivity index (χ3n) is 26.6. The van der Waals surface area contributed by atoms with Crippen molar-refractivity contribution in [1.82, 2.24) is 59.3 Å². The molecular weight excluding hydrogens is 1380 g/mol. The van der Waals surface area contributed by atoms with Crippen LogP contribution in [0.25, 0.3) is 34.2 Å². The Morgan fingerprint density at radius 2 is 0.732 bits per heavy atom. The molecule has 18 rings (SSSR count). The number of fused-ring (bicyclic) bond motifs is 3. The Morgan fingerprint density at radius 3 is 1.12 bits per heavy atom. The molecule has 3 aromatic heterocycles. The third-order valence-corrected chi connectivity index (χ3v) is 26.6. The summed E-state index contributed by atoms with van der Waals surface area (Å²) in [5.74, 6) is 11.7. The van der Waals surface area contributed by atoms with Crippen molar-refractivity contribution < 1.29 is 14.4 Å². The summed E-state index contributed by atoms with van der Waals surface area (Å²) in [6, 6.07) is 42.0. The van der Waals surface area contributed by atoms with Crippen LogP contribution in [-0.4, -0.2) is 170 Å². The fourth-order valence-corrected chi connectivity index (χ4v) is 18.7. The summed E-state index contributed by atoms with van der Waals surface area (Å²) >= 11 is 0. The van der Waals surface area contributed by atoms with Crippen molar-refractivity contribution in [3.8, 4) is 64.9 Å². The average Bonchev–Trinajstić information content (AvgIpc) is 1.12. The Morgan fingerprint density at radius 1 is 0.384 bits per heavy atom. The summed E-state index contributed by atoms with van der Waals surface area (Å²) in [5.41, 5.74) is 25.7. The molecule has 3 N–H and O–H groups in total. The number of H-pyrrole nitrogens is 3. The van der Waals surface area contributed by atoms with Crippen LogP contribution >= 0.6 is 0 Å². The molecule has 9 aromatic rings. The van der Waals surface area contributed by atoms with E-state index in [1.165, 1.54) is 125 Å². The molecular formula is C96H109N13O3. The Labute approximate surface area is 662 Å². The second-order valence-corrected chi connectivity index (χ2v) is 33.8. The molecule has 9 aliphatic rings. The first-order valence-corrected chi connectivity index (χ1v) is 41.8. The molecule has 6 fully saturated rings. The van der Waals surface area contributed by atoms with Gasteiger partial charge in [0, 0.05) is 167 Å². The number of benzene rings is 6. The largest absolute Gasteiger partial charge is 0.342 e. The van der Waals surface area contributed by atoms with Gasteiger partial charge in [0.15, 0.2) is 0 Å². The van der Waals surface area contributed by atoms with E-state index in [9.17, 15) is 14.4 Å². The second kappa shape index (κ2) is 33.7. The van der Waals surface area contributed by atoms with Crippen molar-refractivity contribution >= 4 is 17.7 Å². The molecule has 3 amide bonds. The highest BCUT2D eigenvalue weighted by Crippen LogP contribution is 2.46. The number of aromatic nitrogens is 6. The number of aromatic amines is 3. The lowest BCUT2D eigenvalue weighted by atomic mass is 9.77. The fourth-order valence-electron chi connectivity index (χ4n) is 18.7. The fraction of sp³-hybridized carbons (Fsp3) is 0.448. The predicted octanol–water partition coefficient (Wildman–Crippen LogP) is 16.6. The van der Waals surface area contributed by atoms with Gasteiger partial charge in [0.2, 0.25) is 0 Å². The number of rotatable bonds is 12. The number of carbonyl (C=O) groups excluding carboxylic acids is 3. The van der Waals surface area contributed by atoms with Gasteiger partial charge in [-0.15, -0.1) is 12.8 Å². The van der Waals surface area contributed by atoms with E-state index < -0.39 is 0 Å². The van der Waals surface area contributed by atoms with E-state index in [0.29, 0.717) is 41.1 Å². The lowest BCUT2D eigenvalue weighted by molar-refractivity contribution is 0.0704. The maximum atomic E-state index is 13.8. The van der Waals surface area contributed by atoms with Gasteiger partial charge in [0.1, 0.15) is 17.5 Å². The zero-order valence-corrected chi connectivity index (χ0v) is 66.4. The summed E-state index contributed by atoms with van der Waals surface area (Å²) in [7, 11) is 6.50. The van der Waals surface area contributed by atoms with Crippen LogP contribution in [0.5, 0.6) is 0 Å². The van der Waals surface area contributed by atoms with E-state index in [2.05, 4.69) is 160 Å². The highest BCUT2D eigenvalue weighted by Gasteiger charge is 2.35. The lowest BCUT2D eigenvalue weighted by Crippen LogP contribution is -2.38. The van der Waals surface area contributed by atoms with Crippen molar-refractivity contribution in [3.63, 3.8) is 0 Å². The number of carbonyl (C=O) groups is 3. The van der Waals surface area contributed by atoms with Gasteiger partial charge in [-0.2, -0.15) is 5.26 Å². The minimum atomic E-state index is 0.133. The van der Waals surface area contributed by atoms with Crippen LogP contribution in [0.15, 0.2) is 115 Å². The molecule has 3 aliphatic carbocycles. The summed E-state index contributed by atoms with van der Waals surface area (Å²) in [5, 5.41) is 9.07. The van der Waals surface area contributed by atoms with Crippen LogP contribution in [0.2, 0.25) is 0 Å². The van der Waals surface area contributed by atoms with Crippen molar-refractivity contribution in [2.75, 3.05) is 93.1 Å². The number of likely N-dealkylation sites (tertiary alicyclic amines) is 3. The molecule has 0 spiro atoms. The van der Waals surface area contributed by atoms with E-state index >= 15 is 0 Å². The standard InChI is InChI=1S/C33H38N4O.C32H36N4O.C31H35N5O/c1-4-23-8-10-24(11-9-23)25-12-18-37(19-13-25)33(38)27-21-29(28(20-22(27)2)26-6-5-7-26)32-34-30-14-16-36(3)17-15-31(30)35-32;1-3-22-7-9-23(10-8-22)24-13-19-36(20-14-24)32(37)26-11-12-27(25-5-4-6-25)28(21-26)31-33-29-15-17-35(2)18-16-30(29)34-31;1-20-16-26(24-4-3-5-24)27(30-33-28-12-13-35(2)19-29(28)34-30)17-25(20)31(37)36-14-10-23(11-15-36)22-8-6-21(18-32)7-9-22/h1,8-11,20-21,25-26H,5-7,12-19H2,2-3H3,(H,34,35);1,7-12,21,24-25H,4-6,13-20H2,2H3,(H,33,34);6-9,16-17,23-24H,3-5,10-15,19H2,1-2H3,(H,33,34). The molecule has 0 bridgehead atoms. The molecule has 576 valence electrons. The molecule has 0 unspecified atom stereocenters. The number of hydrogen-bond acceptors (Lipinski definition) is 10. The number of likely N-dealkylation sites (N-methyl/N-ethyl adjacent to an activating group) is 3. The Kier molecular flexibility index (Phi) is 22.8. The highest BCUT2D eigenvalue weighted by molar-refractivity contribution is 5.98. The summed E-state index contributed by atoms with van der Waals surface area (Å²) in [6.45, 7) is 14.9. The first-order chi connectivity index (χ1) is 54.6. The number of hydrogen-bond donors (Lipinski definition) is 3. The molecule has 3 saturated carbocycles. The zero-order valence-electron chi connectivity index (χ0n) is 66.4. The van der Waals surface area contributed by atoms with Crippen LogP contribution in [0.4, 0.5) is 0 Å². The summed E-state index contributed by atoms with van der Waals surface area (Å²) in [4.78, 5) is 80.5. The van der Waals surface area contributed by atoms with Crippen molar-refractivity contribution in [3.05, 3.63) is 227 Å². The number of nitriles is 1. The van der Waals surface area contributed by atoms with Crippen LogP contribution in [0, 0.1) is 49.9 Å². The van der Waals surface area contributed by atoms with E-state index in [-0.39, 0.29) is 17.7 Å². The average molecular weight is 1490 g/mol. The van der Waals surface area contributed by atoms with Crippen LogP contribution in [0.3, 0.4) is 0 Å². The summed E-state index contributed by atoms with van der Waals surface area (Å²) < 4.78 is 0. The summed E-state index contributed by atoms with van der Waals surface area (Å²) in [6.07, 6.45) is 32.9. The predicted molar refractivity (Wildman–Crippen MR) is 445 cm³/mol. The van der Waals surface area contributed by atoms with Gasteiger partial charge in [-0.3, -0.25) is 14.4 Å². The Hall–Kier alpha value is -10.2. The van der Waals surface area contributed by atoms with Gasteiger partial charge in [0.25, 0.3) is 17.7 Å². The number of nitrogens with zero attached hydrogens (tertiary/aromatic N) is 10. The minimum Gasteiger partial charge on any atom is -0.342 e. The molecule has 0 radical (unpaired) electrons. The topological polar surface area (TPSA) is 180 Å². The van der Waals surface area contributed by atoms with Gasteiger partial charge in [-0.25, -0.2) is 15.0 Å². The van der Waals surface area contributed by atoms with E-state index in [1.54, 1.807) is 0 Å². The number of amides is 3. The molecule has 3 saturated heterocycles. The molecule has 0 atom stereocenters. The molecule has 6 aromatic carbocycles. The number of piperidine rings is 3. The van der Waals surface area contributed by atoms with Crippen LogP contribution in [0.1, 0.15) is 258 Å². The number of terminal acetylenes is 2. The van der Waals surface area contributed by atoms with Gasteiger partial charge in [0.05, 0.1) is 34.4 Å². The van der Waals surface area contributed by atoms with E-state index in [0.717, 1.165) is 222 Å². The van der Waals surface area contributed by atoms with Gasteiger partial charge in [-0.05, 0) is 253 Å². The van der Waals surface area contributed by atoms with Gasteiger partial charge >= 0.3 is 0 Å². The number of nitrogens with one attached hydrogen (secondary N) is 3. The Bertz CT molecular complexity index is 4990. The Balaban J connectivity index is 0.000000127. The van der Waals surface area contributed by atoms with Gasteiger partial charge < -0.3 is 44.4 Å². The number of imidazole rings is 3. The smallest absolute Gasteiger partial charge is 0.254 e. The molecule has 112 heavy (non-hydrogen) atoms. The second-order valence-electron chi connectivity index (χ2n) is 33.8. The first kappa shape index (κ1) is 75.9. The SMILES string of the molecule is C#Cc1ccc(C2CCN(C(=O)c3cc(-c4nc5c([nH]4)CCN(C)CC5)c(C4CCC4)cc3C)CC2)cc1.C#Cc1ccc(C2CCN(C(=O)c3ccc(C4CCC4)c(-c4nc5c([nH]4)CCN(C)CC5)c3)CC2)cc1.Cc1cc(C2CCC2)c(-c2nc3c([nH]2)CN(C)CC3)cc1C(=O)N1CCC(c2ccc(C#N)cc2)CC1. The van der Waals surface area contributed by atoms with Gasteiger partial charge in [-0.1, -0.05) is 85.7 Å². The zero-order chi connectivity index (χ0) is 77.1. The minimum absolute atomic E-state index is 0.133. The quantitative estimate of drug-likeness (QED) is 0.0996. The molecule has 9 heterocycles. The normalized spacial score (nSPS) is 18.9. The molecule has 6 aliphatic heterocycles. The van der Waals surface area contributed by atoms with E-state index in [4.69, 9.17) is 33.1 Å². The van der Waals surface area contributed by atoms with Crippen molar-refractivity contribution in [2.24, 2.45) is 0 Å². The van der Waals surface area contributed by atoms with E-state index in [1.807, 2.05) is 52.3 Å². The number of aryl methyl sites for hydroxylation is 2. The molecule has 16 heteroatoms. The van der Waals surface area contributed by atoms with Crippen LogP contribution in [-0.2, 0) is 38.6 Å². The van der Waals surface area contributed by atoms with Crippen LogP contribution < -0.4 is 0 Å². The lowest BCUT2D eigenvalue weighted by Gasteiger charge is -2.33. The maximum absolute atomic E-state index is 13.8. The van der Waals surface area contributed by atoms with Crippen molar-refractivity contribution in [1.29, 1.82) is 5.26 Å². The monoisotopic (exact) mass is 1490 g/mol. The van der Waals surface area contributed by atoms with Crippen molar-refractivity contribution in [2.45, 2.75) is 184 Å². The first-order valence-electron chi connectivity index (χ1n) is 41.8. The highest BCUT2D eigenvalue weighted by atomic mass is 16.2.